The number of carbonyl (C=O) groups is 2. The Kier molecular flexibility index (Phi) is 6.15. The van der Waals surface area contributed by atoms with E-state index in [0.717, 1.165) is 21.7 Å². The van der Waals surface area contributed by atoms with Gasteiger partial charge in [-0.15, -0.1) is 11.3 Å². The molecule has 4 rings (SSSR count). The molecule has 1 saturated heterocycles. The van der Waals surface area contributed by atoms with Crippen LogP contribution in [0.15, 0.2) is 46.6 Å². The highest BCUT2D eigenvalue weighted by Gasteiger charge is 2.39. The zero-order valence-electron chi connectivity index (χ0n) is 17.3. The van der Waals surface area contributed by atoms with Crippen LogP contribution < -0.4 is 5.32 Å². The lowest BCUT2D eigenvalue weighted by molar-refractivity contribution is -0.138. The molecule has 0 saturated carbocycles. The van der Waals surface area contributed by atoms with Crippen LogP contribution in [0.25, 0.3) is 10.4 Å². The summed E-state index contributed by atoms with van der Waals surface area (Å²) >= 11 is 1.60. The Balaban J connectivity index is 1.41. The minimum Gasteiger partial charge on any atom is -0.391 e. The van der Waals surface area contributed by atoms with Gasteiger partial charge in [0, 0.05) is 19.0 Å². The number of thiazole rings is 1. The van der Waals surface area contributed by atoms with E-state index in [2.05, 4.69) is 15.5 Å². The van der Waals surface area contributed by atoms with Crippen molar-refractivity contribution in [2.45, 2.75) is 44.9 Å². The van der Waals surface area contributed by atoms with Crippen molar-refractivity contribution in [3.8, 4) is 10.4 Å². The van der Waals surface area contributed by atoms with E-state index in [1.54, 1.807) is 17.4 Å². The molecule has 31 heavy (non-hydrogen) atoms. The third-order valence-electron chi connectivity index (χ3n) is 5.50. The first kappa shape index (κ1) is 21.2. The molecule has 9 heteroatoms. The van der Waals surface area contributed by atoms with Gasteiger partial charge in [0.25, 0.3) is 0 Å². The molecule has 162 valence electrons. The number of aromatic nitrogens is 2. The number of aliphatic hydroxyl groups excluding tert-OH is 1. The van der Waals surface area contributed by atoms with Gasteiger partial charge in [0.1, 0.15) is 11.8 Å². The van der Waals surface area contributed by atoms with Crippen LogP contribution in [0, 0.1) is 6.92 Å². The van der Waals surface area contributed by atoms with Gasteiger partial charge in [-0.05, 0) is 25.0 Å². The summed E-state index contributed by atoms with van der Waals surface area (Å²) in [5, 5.41) is 16.6. The van der Waals surface area contributed by atoms with Gasteiger partial charge >= 0.3 is 0 Å². The number of hydrogen-bond acceptors (Lipinski definition) is 7. The zero-order valence-corrected chi connectivity index (χ0v) is 18.1. The number of hydrogen-bond donors (Lipinski definition) is 2. The third-order valence-corrected chi connectivity index (χ3v) is 6.47. The smallest absolute Gasteiger partial charge is 0.243 e. The van der Waals surface area contributed by atoms with Gasteiger partial charge in [0.2, 0.25) is 11.8 Å². The number of β-amino-alcohol motifs (C(OH)–C–C–N with tert-alkyl or cyclic N) is 1. The predicted octanol–water partition coefficient (Wildman–Crippen LogP) is 2.49. The maximum Gasteiger partial charge on any atom is 0.243 e. The molecular formula is C22H24N4O4S. The molecule has 1 aliphatic heterocycles. The number of carbonyl (C=O) groups excluding carboxylic acids is 2. The maximum atomic E-state index is 12.9. The molecule has 2 aromatic heterocycles. The first-order valence-electron chi connectivity index (χ1n) is 10.1. The summed E-state index contributed by atoms with van der Waals surface area (Å²) in [5.74, 6) is -0.127. The molecule has 3 aromatic rings. The van der Waals surface area contributed by atoms with E-state index in [4.69, 9.17) is 4.52 Å². The maximum absolute atomic E-state index is 12.9. The van der Waals surface area contributed by atoms with Crippen molar-refractivity contribution in [1.29, 1.82) is 0 Å². The fourth-order valence-corrected chi connectivity index (χ4v) is 4.63. The van der Waals surface area contributed by atoms with Gasteiger partial charge in [0.15, 0.2) is 0 Å². The molecule has 0 aliphatic carbocycles. The SMILES string of the molecule is Cc1ncsc1-c1ccc(C(C)NC(=O)C2CC(O)CN2C(=O)Cc2ccno2)cc1. The van der Waals surface area contributed by atoms with Gasteiger partial charge in [-0.2, -0.15) is 0 Å². The minimum absolute atomic E-state index is 0.00447. The van der Waals surface area contributed by atoms with E-state index in [0.29, 0.717) is 5.76 Å². The Hall–Kier alpha value is -3.04. The van der Waals surface area contributed by atoms with Gasteiger partial charge in [-0.3, -0.25) is 9.59 Å². The molecule has 1 fully saturated rings. The number of amides is 2. The molecule has 0 bridgehead atoms. The summed E-state index contributed by atoms with van der Waals surface area (Å²) in [4.78, 5) is 32.4. The fraction of sp³-hybridized carbons (Fsp3) is 0.364. The number of aryl methyl sites for hydroxylation is 1. The van der Waals surface area contributed by atoms with Crippen molar-refractivity contribution in [2.24, 2.45) is 0 Å². The Morgan fingerprint density at radius 3 is 2.74 bits per heavy atom. The summed E-state index contributed by atoms with van der Waals surface area (Å²) < 4.78 is 4.99. The van der Waals surface area contributed by atoms with Crippen LogP contribution >= 0.6 is 11.3 Å². The largest absolute Gasteiger partial charge is 0.391 e. The van der Waals surface area contributed by atoms with Crippen LogP contribution in [0.5, 0.6) is 0 Å². The molecular weight excluding hydrogens is 416 g/mol. The molecule has 3 atom stereocenters. The van der Waals surface area contributed by atoms with Crippen LogP contribution in [-0.2, 0) is 16.0 Å². The van der Waals surface area contributed by atoms with E-state index < -0.39 is 12.1 Å². The molecule has 1 aromatic carbocycles. The average molecular weight is 441 g/mol. The van der Waals surface area contributed by atoms with Crippen molar-refractivity contribution in [3.63, 3.8) is 0 Å². The number of rotatable bonds is 6. The molecule has 2 amide bonds. The summed E-state index contributed by atoms with van der Waals surface area (Å²) in [6, 6.07) is 8.65. The Bertz CT molecular complexity index is 1050. The van der Waals surface area contributed by atoms with Crippen LogP contribution in [-0.4, -0.2) is 50.7 Å². The summed E-state index contributed by atoms with van der Waals surface area (Å²) in [5.41, 5.74) is 4.86. The highest BCUT2D eigenvalue weighted by atomic mass is 32.1. The molecule has 8 nitrogen and oxygen atoms in total. The third kappa shape index (κ3) is 4.67. The molecule has 1 aliphatic rings. The van der Waals surface area contributed by atoms with Gasteiger partial charge in [-0.1, -0.05) is 29.4 Å². The molecule has 0 spiro atoms. The summed E-state index contributed by atoms with van der Waals surface area (Å²) in [6.07, 6.45) is 0.954. The number of benzene rings is 1. The lowest BCUT2D eigenvalue weighted by atomic mass is 10.0. The monoisotopic (exact) mass is 440 g/mol. The molecule has 0 radical (unpaired) electrons. The van der Waals surface area contributed by atoms with Crippen molar-refractivity contribution in [1.82, 2.24) is 20.4 Å². The normalized spacial score (nSPS) is 19.4. The van der Waals surface area contributed by atoms with Crippen molar-refractivity contribution in [3.05, 3.63) is 59.1 Å². The van der Waals surface area contributed by atoms with Crippen molar-refractivity contribution in [2.75, 3.05) is 6.54 Å². The number of likely N-dealkylation sites (tertiary alicyclic amines) is 1. The molecule has 2 N–H and O–H groups in total. The highest BCUT2D eigenvalue weighted by molar-refractivity contribution is 7.13. The number of nitrogens with one attached hydrogen (secondary N) is 1. The Morgan fingerprint density at radius 2 is 2.10 bits per heavy atom. The fourth-order valence-electron chi connectivity index (χ4n) is 3.82. The second-order valence-electron chi connectivity index (χ2n) is 7.73. The van der Waals surface area contributed by atoms with Gasteiger partial charge < -0.3 is 19.8 Å². The van der Waals surface area contributed by atoms with Gasteiger partial charge in [-0.25, -0.2) is 4.98 Å². The van der Waals surface area contributed by atoms with Crippen molar-refractivity contribution < 1.29 is 19.2 Å². The first-order valence-corrected chi connectivity index (χ1v) is 11.0. The predicted molar refractivity (Wildman–Crippen MR) is 115 cm³/mol. The summed E-state index contributed by atoms with van der Waals surface area (Å²) in [6.45, 7) is 4.01. The average Bonchev–Trinajstić information content (AvgIpc) is 3.49. The van der Waals surface area contributed by atoms with Gasteiger partial charge in [0.05, 0.1) is 40.8 Å². The Labute approximate surface area is 183 Å². The molecule has 3 unspecified atom stereocenters. The van der Waals surface area contributed by atoms with Crippen molar-refractivity contribution >= 4 is 23.2 Å². The summed E-state index contributed by atoms with van der Waals surface area (Å²) in [7, 11) is 0. The number of aliphatic hydroxyl groups is 1. The minimum atomic E-state index is -0.730. The quantitative estimate of drug-likeness (QED) is 0.610. The van der Waals surface area contributed by atoms with E-state index in [9.17, 15) is 14.7 Å². The second-order valence-corrected chi connectivity index (χ2v) is 8.58. The van der Waals surface area contributed by atoms with Crippen LogP contribution in [0.4, 0.5) is 0 Å². The van der Waals surface area contributed by atoms with Crippen LogP contribution in [0.2, 0.25) is 0 Å². The number of nitrogens with zero attached hydrogens (tertiary/aromatic N) is 3. The standard InChI is InChI=1S/C22H24N4O4S/c1-13(15-3-5-16(6-4-15)21-14(2)23-12-31-21)25-22(29)19-9-17(27)11-26(19)20(28)10-18-7-8-24-30-18/h3-8,12-13,17,19,27H,9-11H2,1-2H3,(H,25,29). The van der Waals surface area contributed by atoms with E-state index >= 15 is 0 Å². The van der Waals surface area contributed by atoms with E-state index in [1.807, 2.05) is 43.6 Å². The van der Waals surface area contributed by atoms with Crippen LogP contribution in [0.3, 0.4) is 0 Å². The lowest BCUT2D eigenvalue weighted by Crippen LogP contribution is -2.47. The molecule has 3 heterocycles. The first-order chi connectivity index (χ1) is 14.9. The zero-order chi connectivity index (χ0) is 22.0. The van der Waals surface area contributed by atoms with E-state index in [-0.39, 0.29) is 37.2 Å². The second kappa shape index (κ2) is 8.99. The lowest BCUT2D eigenvalue weighted by Gasteiger charge is -2.25. The topological polar surface area (TPSA) is 109 Å². The van der Waals surface area contributed by atoms with E-state index in [1.165, 1.54) is 11.1 Å². The Morgan fingerprint density at radius 1 is 1.32 bits per heavy atom. The highest BCUT2D eigenvalue weighted by Crippen LogP contribution is 2.28. The van der Waals surface area contributed by atoms with Crippen LogP contribution in [0.1, 0.15) is 36.4 Å².